The Labute approximate surface area is 326 Å². The molecular formula is C44H61N3O8. The van der Waals surface area contributed by atoms with Crippen LogP contribution in [0.15, 0.2) is 72.8 Å². The number of unbranched alkanes of at least 4 members (excludes halogenated alkanes) is 12. The summed E-state index contributed by atoms with van der Waals surface area (Å²) in [5.41, 5.74) is 1.99. The zero-order valence-corrected chi connectivity index (χ0v) is 32.6. The number of hydrogen-bond acceptors (Lipinski definition) is 8. The van der Waals surface area contributed by atoms with E-state index < -0.39 is 35.9 Å². The van der Waals surface area contributed by atoms with Crippen molar-refractivity contribution in [3.05, 3.63) is 89.5 Å². The number of amides is 3. The summed E-state index contributed by atoms with van der Waals surface area (Å²) < 4.78 is 4.96. The second-order valence-corrected chi connectivity index (χ2v) is 14.4. The lowest BCUT2D eigenvalue weighted by Crippen LogP contribution is -2.57. The van der Waals surface area contributed by atoms with Gasteiger partial charge in [-0.05, 0) is 59.5 Å². The van der Waals surface area contributed by atoms with Crippen LogP contribution in [0.25, 0.3) is 0 Å². The topological polar surface area (TPSA) is 174 Å². The average molecular weight is 760 g/mol. The van der Waals surface area contributed by atoms with Crippen molar-refractivity contribution >= 4 is 23.7 Å². The van der Waals surface area contributed by atoms with Crippen LogP contribution in [0.5, 0.6) is 17.2 Å². The van der Waals surface area contributed by atoms with Crippen molar-refractivity contribution in [3.8, 4) is 17.2 Å². The highest BCUT2D eigenvalue weighted by molar-refractivity contribution is 5.94. The molecular weight excluding hydrogens is 698 g/mol. The van der Waals surface area contributed by atoms with E-state index in [0.717, 1.165) is 19.3 Å². The zero-order chi connectivity index (χ0) is 39.8. The fourth-order valence-corrected chi connectivity index (χ4v) is 6.47. The molecule has 0 saturated carbocycles. The molecule has 3 amide bonds. The van der Waals surface area contributed by atoms with E-state index >= 15 is 0 Å². The molecule has 0 radical (unpaired) electrons. The molecule has 0 fully saturated rings. The Morgan fingerprint density at radius 3 is 1.20 bits per heavy atom. The van der Waals surface area contributed by atoms with Crippen LogP contribution < -0.4 is 16.0 Å². The molecule has 3 atom stereocenters. The summed E-state index contributed by atoms with van der Waals surface area (Å²) >= 11 is 0. The van der Waals surface area contributed by atoms with Crippen molar-refractivity contribution in [2.24, 2.45) is 0 Å². The van der Waals surface area contributed by atoms with Crippen molar-refractivity contribution in [1.82, 2.24) is 16.0 Å². The number of methoxy groups -OCH3 is 1. The largest absolute Gasteiger partial charge is 0.508 e. The minimum Gasteiger partial charge on any atom is -0.508 e. The number of nitrogens with one attached hydrogen (secondary N) is 3. The van der Waals surface area contributed by atoms with Crippen molar-refractivity contribution in [1.29, 1.82) is 0 Å². The molecule has 3 aromatic carbocycles. The molecule has 3 aromatic rings. The van der Waals surface area contributed by atoms with Gasteiger partial charge < -0.3 is 36.0 Å². The first-order valence-corrected chi connectivity index (χ1v) is 19.9. The SMILES string of the molecule is CCCCCCCCCCCCCCCC(=O)N[C@@H](Cc1ccc(O)cc1)C(=O)N[C@@H](Cc1ccc(O)cc1)C(=O)N[C@@H](Cc1ccc(O)cc1)C(=O)OC. The van der Waals surface area contributed by atoms with Crippen LogP contribution in [0.4, 0.5) is 0 Å². The van der Waals surface area contributed by atoms with E-state index in [1.807, 2.05) is 0 Å². The number of benzene rings is 3. The lowest BCUT2D eigenvalue weighted by molar-refractivity contribution is -0.145. The third-order valence-corrected chi connectivity index (χ3v) is 9.72. The quantitative estimate of drug-likeness (QED) is 0.0377. The minimum atomic E-state index is -1.18. The first kappa shape index (κ1) is 44.3. The number of aromatic hydroxyl groups is 3. The maximum absolute atomic E-state index is 14.0. The number of hydrogen-bond donors (Lipinski definition) is 6. The van der Waals surface area contributed by atoms with E-state index in [-0.39, 0.29) is 48.8 Å². The molecule has 11 heteroatoms. The van der Waals surface area contributed by atoms with Crippen molar-refractivity contribution in [3.63, 3.8) is 0 Å². The molecule has 55 heavy (non-hydrogen) atoms. The van der Waals surface area contributed by atoms with Crippen molar-refractivity contribution < 1.29 is 39.2 Å². The lowest BCUT2D eigenvalue weighted by Gasteiger charge is -2.25. The molecule has 0 bridgehead atoms. The molecule has 0 heterocycles. The Morgan fingerprint density at radius 2 is 0.818 bits per heavy atom. The number of carbonyl (C=O) groups excluding carboxylic acids is 4. The van der Waals surface area contributed by atoms with Gasteiger partial charge in [-0.15, -0.1) is 0 Å². The first-order chi connectivity index (χ1) is 26.6. The van der Waals surface area contributed by atoms with Gasteiger partial charge in [-0.3, -0.25) is 14.4 Å². The fourth-order valence-electron chi connectivity index (χ4n) is 6.47. The normalized spacial score (nSPS) is 12.6. The molecule has 0 aliphatic carbocycles. The highest BCUT2D eigenvalue weighted by atomic mass is 16.5. The minimum absolute atomic E-state index is 0.0176. The number of carbonyl (C=O) groups is 4. The third-order valence-electron chi connectivity index (χ3n) is 9.72. The second-order valence-electron chi connectivity index (χ2n) is 14.4. The maximum atomic E-state index is 14.0. The van der Waals surface area contributed by atoms with Gasteiger partial charge in [0.05, 0.1) is 7.11 Å². The smallest absolute Gasteiger partial charge is 0.328 e. The summed E-state index contributed by atoms with van der Waals surface area (Å²) in [6, 6.07) is 15.4. The Morgan fingerprint density at radius 1 is 0.491 bits per heavy atom. The van der Waals surface area contributed by atoms with Gasteiger partial charge in [0.2, 0.25) is 17.7 Å². The number of rotatable bonds is 26. The monoisotopic (exact) mass is 759 g/mol. The third kappa shape index (κ3) is 17.8. The van der Waals surface area contributed by atoms with Gasteiger partial charge in [0.1, 0.15) is 35.4 Å². The molecule has 6 N–H and O–H groups in total. The van der Waals surface area contributed by atoms with Gasteiger partial charge in [0.15, 0.2) is 0 Å². The Hall–Kier alpha value is -5.06. The summed E-state index contributed by atoms with van der Waals surface area (Å²) in [6.45, 7) is 2.24. The summed E-state index contributed by atoms with van der Waals surface area (Å²) in [6.07, 6.45) is 15.9. The van der Waals surface area contributed by atoms with E-state index in [4.69, 9.17) is 4.74 Å². The van der Waals surface area contributed by atoms with Crippen LogP contribution in [0.2, 0.25) is 0 Å². The first-order valence-electron chi connectivity index (χ1n) is 19.9. The highest BCUT2D eigenvalue weighted by Gasteiger charge is 2.30. The number of ether oxygens (including phenoxy) is 1. The predicted octanol–water partition coefficient (Wildman–Crippen LogP) is 6.94. The van der Waals surface area contributed by atoms with Gasteiger partial charge >= 0.3 is 5.97 Å². The highest BCUT2D eigenvalue weighted by Crippen LogP contribution is 2.17. The van der Waals surface area contributed by atoms with E-state index in [1.54, 1.807) is 36.4 Å². The number of phenols is 3. The van der Waals surface area contributed by atoms with Gasteiger partial charge in [-0.1, -0.05) is 120 Å². The number of esters is 1. The molecule has 0 aliphatic heterocycles. The molecule has 0 unspecified atom stereocenters. The molecule has 0 aromatic heterocycles. The van der Waals surface area contributed by atoms with Gasteiger partial charge in [-0.25, -0.2) is 4.79 Å². The summed E-state index contributed by atoms with van der Waals surface area (Å²) in [7, 11) is 1.21. The summed E-state index contributed by atoms with van der Waals surface area (Å²) in [4.78, 5) is 53.8. The van der Waals surface area contributed by atoms with Crippen molar-refractivity contribution in [2.45, 2.75) is 134 Å². The van der Waals surface area contributed by atoms with Crippen LogP contribution in [0.3, 0.4) is 0 Å². The molecule has 0 spiro atoms. The summed E-state index contributed by atoms with van der Waals surface area (Å²) in [5.74, 6) is -2.07. The van der Waals surface area contributed by atoms with Crippen LogP contribution in [-0.4, -0.2) is 64.2 Å². The van der Waals surface area contributed by atoms with Crippen LogP contribution >= 0.6 is 0 Å². The van der Waals surface area contributed by atoms with Crippen LogP contribution in [0.1, 0.15) is 114 Å². The maximum Gasteiger partial charge on any atom is 0.328 e. The van der Waals surface area contributed by atoms with Gasteiger partial charge in [0.25, 0.3) is 0 Å². The molecule has 0 saturated heterocycles. The van der Waals surface area contributed by atoms with E-state index in [1.165, 1.54) is 101 Å². The molecule has 11 nitrogen and oxygen atoms in total. The van der Waals surface area contributed by atoms with Gasteiger partial charge in [-0.2, -0.15) is 0 Å². The zero-order valence-electron chi connectivity index (χ0n) is 32.6. The summed E-state index contributed by atoms with van der Waals surface area (Å²) in [5, 5.41) is 37.7. The van der Waals surface area contributed by atoms with E-state index in [0.29, 0.717) is 23.1 Å². The van der Waals surface area contributed by atoms with Crippen LogP contribution in [0, 0.1) is 0 Å². The Kier molecular flexibility index (Phi) is 20.2. The Bertz CT molecular complexity index is 1580. The van der Waals surface area contributed by atoms with E-state index in [9.17, 15) is 34.5 Å². The molecule has 300 valence electrons. The predicted molar refractivity (Wildman–Crippen MR) is 214 cm³/mol. The second kappa shape index (κ2) is 25.1. The molecule has 0 aliphatic rings. The Balaban J connectivity index is 1.65. The average Bonchev–Trinajstić information content (AvgIpc) is 3.18. The fraction of sp³-hybridized carbons (Fsp3) is 0.500. The lowest BCUT2D eigenvalue weighted by atomic mass is 10.0. The molecule has 3 rings (SSSR count). The van der Waals surface area contributed by atoms with Crippen LogP contribution in [-0.2, 0) is 43.2 Å². The van der Waals surface area contributed by atoms with Gasteiger partial charge in [0, 0.05) is 25.7 Å². The van der Waals surface area contributed by atoms with E-state index in [2.05, 4.69) is 22.9 Å². The van der Waals surface area contributed by atoms with Crippen molar-refractivity contribution in [2.75, 3.05) is 7.11 Å². The standard InChI is InChI=1S/C44H61N3O8/c1-3-4-5-6-7-8-9-10-11-12-13-14-15-16-41(51)45-38(29-32-17-23-35(48)24-18-32)42(52)46-39(30-33-19-25-36(49)26-20-33)43(53)47-40(44(54)55-2)31-34-21-27-37(50)28-22-34/h17-28,38-40,48-50H,3-16,29-31H2,1-2H3,(H,45,51)(H,46,52)(H,47,53)/t38-,39-,40-/m0/s1. The number of phenolic OH excluding ortho intramolecular Hbond substituents is 3.